The summed E-state index contributed by atoms with van der Waals surface area (Å²) < 4.78 is 1.08. The first-order valence-corrected chi connectivity index (χ1v) is 10.1. The van der Waals surface area contributed by atoms with Crippen LogP contribution in [-0.4, -0.2) is 26.0 Å². The second kappa shape index (κ2) is 8.69. The molecule has 3 rings (SSSR count). The summed E-state index contributed by atoms with van der Waals surface area (Å²) in [7, 11) is 0. The fourth-order valence-corrected chi connectivity index (χ4v) is 3.77. The number of rotatable bonds is 3. The topological polar surface area (TPSA) is 99.5 Å². The molecule has 1 aromatic heterocycles. The standard InChI is InChI=1S/C23H24N4O3S/c1-12-6-7-18(14(3)8-12)25-22(31)24-11-17-20(28)26-23(30)27(21(17)29)19-15(4)9-13(2)10-16(19)5/h6-11,29H,1-5H3,(H,25,31)(H,26,28,30). The van der Waals surface area contributed by atoms with Crippen LogP contribution >= 0.6 is 12.2 Å². The molecule has 8 heteroatoms. The molecule has 0 saturated heterocycles. The lowest BCUT2D eigenvalue weighted by Gasteiger charge is -2.15. The number of benzene rings is 2. The Bertz CT molecular complexity index is 1310. The van der Waals surface area contributed by atoms with Gasteiger partial charge in [0.15, 0.2) is 5.11 Å². The Hall–Kier alpha value is -3.52. The van der Waals surface area contributed by atoms with Crippen LogP contribution in [0.15, 0.2) is 44.9 Å². The molecule has 3 N–H and O–H groups in total. The lowest BCUT2D eigenvalue weighted by molar-refractivity contribution is 0.429. The van der Waals surface area contributed by atoms with Crippen LogP contribution in [0.25, 0.3) is 5.69 Å². The van der Waals surface area contributed by atoms with E-state index in [2.05, 4.69) is 15.3 Å². The third-order valence-corrected chi connectivity index (χ3v) is 5.12. The Morgan fingerprint density at radius 3 is 2.26 bits per heavy atom. The van der Waals surface area contributed by atoms with E-state index in [9.17, 15) is 14.7 Å². The maximum absolute atomic E-state index is 12.5. The van der Waals surface area contributed by atoms with Gasteiger partial charge < -0.3 is 10.4 Å². The van der Waals surface area contributed by atoms with Gasteiger partial charge in [-0.3, -0.25) is 9.78 Å². The third kappa shape index (κ3) is 4.64. The summed E-state index contributed by atoms with van der Waals surface area (Å²) in [5, 5.41) is 13.9. The smallest absolute Gasteiger partial charge is 0.335 e. The predicted molar refractivity (Wildman–Crippen MR) is 128 cm³/mol. The van der Waals surface area contributed by atoms with Gasteiger partial charge in [0.05, 0.1) is 5.69 Å². The number of thiocarbonyl (C=S) groups is 1. The third-order valence-electron chi connectivity index (χ3n) is 4.91. The molecule has 1 heterocycles. The Morgan fingerprint density at radius 2 is 1.65 bits per heavy atom. The highest BCUT2D eigenvalue weighted by molar-refractivity contribution is 7.80. The predicted octanol–water partition coefficient (Wildman–Crippen LogP) is 3.59. The molecular formula is C23H24N4O3S. The largest absolute Gasteiger partial charge is 0.493 e. The lowest BCUT2D eigenvalue weighted by atomic mass is 10.0. The Balaban J connectivity index is 2.01. The highest BCUT2D eigenvalue weighted by Gasteiger charge is 2.17. The normalized spacial score (nSPS) is 11.1. The van der Waals surface area contributed by atoms with Crippen molar-refractivity contribution in [2.45, 2.75) is 34.6 Å². The number of nitrogens with one attached hydrogen (secondary N) is 2. The molecule has 7 nitrogen and oxygen atoms in total. The zero-order chi connectivity index (χ0) is 22.9. The Morgan fingerprint density at radius 1 is 1.03 bits per heavy atom. The van der Waals surface area contributed by atoms with E-state index in [4.69, 9.17) is 12.2 Å². The van der Waals surface area contributed by atoms with Gasteiger partial charge in [0.2, 0.25) is 5.88 Å². The van der Waals surface area contributed by atoms with Crippen molar-refractivity contribution in [1.29, 1.82) is 0 Å². The first kappa shape index (κ1) is 22.2. The zero-order valence-electron chi connectivity index (χ0n) is 18.0. The van der Waals surface area contributed by atoms with Crippen LogP contribution < -0.4 is 16.6 Å². The molecule has 160 valence electrons. The van der Waals surface area contributed by atoms with Gasteiger partial charge in [-0.05, 0) is 69.6 Å². The first-order valence-electron chi connectivity index (χ1n) is 9.67. The Labute approximate surface area is 185 Å². The number of anilines is 1. The molecule has 0 aliphatic carbocycles. The Kier molecular flexibility index (Phi) is 6.21. The number of hydrogen-bond donors (Lipinski definition) is 3. The molecule has 31 heavy (non-hydrogen) atoms. The van der Waals surface area contributed by atoms with Crippen molar-refractivity contribution < 1.29 is 5.11 Å². The molecule has 2 aromatic carbocycles. The number of hydrogen-bond acceptors (Lipinski definition) is 4. The monoisotopic (exact) mass is 436 g/mol. The quantitative estimate of drug-likeness (QED) is 0.430. The van der Waals surface area contributed by atoms with E-state index in [1.54, 1.807) is 0 Å². The molecule has 0 radical (unpaired) electrons. The molecule has 0 aliphatic heterocycles. The number of nitrogens with zero attached hydrogens (tertiary/aromatic N) is 2. The maximum Gasteiger partial charge on any atom is 0.335 e. The van der Waals surface area contributed by atoms with Crippen LogP contribution in [0.5, 0.6) is 5.88 Å². The minimum absolute atomic E-state index is 0.117. The molecule has 0 spiro atoms. The van der Waals surface area contributed by atoms with Crippen molar-refractivity contribution in [2.75, 3.05) is 5.32 Å². The van der Waals surface area contributed by atoms with Crippen molar-refractivity contribution >= 4 is 29.2 Å². The average molecular weight is 437 g/mol. The number of aryl methyl sites for hydroxylation is 5. The summed E-state index contributed by atoms with van der Waals surface area (Å²) in [6, 6.07) is 9.64. The van der Waals surface area contributed by atoms with Crippen LogP contribution in [0.4, 0.5) is 5.69 Å². The SMILES string of the molecule is Cc1ccc(NC(=S)N=Cc2c(O)n(-c3c(C)cc(C)cc3C)c(=O)[nH]c2=O)c(C)c1. The second-order valence-electron chi connectivity index (χ2n) is 7.59. The molecule has 0 unspecified atom stereocenters. The van der Waals surface area contributed by atoms with Crippen molar-refractivity contribution in [2.24, 2.45) is 4.99 Å². The summed E-state index contributed by atoms with van der Waals surface area (Å²) in [4.78, 5) is 31.2. The van der Waals surface area contributed by atoms with Gasteiger partial charge in [0.1, 0.15) is 5.56 Å². The summed E-state index contributed by atoms with van der Waals surface area (Å²) in [5.41, 5.74) is 4.38. The van der Waals surface area contributed by atoms with Gasteiger partial charge in [-0.25, -0.2) is 14.4 Å². The van der Waals surface area contributed by atoms with Gasteiger partial charge in [0, 0.05) is 11.9 Å². The minimum atomic E-state index is -0.751. The maximum atomic E-state index is 12.5. The van der Waals surface area contributed by atoms with E-state index >= 15 is 0 Å². The highest BCUT2D eigenvalue weighted by atomic mass is 32.1. The van der Waals surface area contributed by atoms with Gasteiger partial charge >= 0.3 is 5.69 Å². The van der Waals surface area contributed by atoms with Crippen molar-refractivity contribution in [3.05, 3.63) is 84.6 Å². The molecule has 3 aromatic rings. The van der Waals surface area contributed by atoms with E-state index in [1.165, 1.54) is 0 Å². The fraction of sp³-hybridized carbons (Fsp3) is 0.217. The highest BCUT2D eigenvalue weighted by Crippen LogP contribution is 2.24. The van der Waals surface area contributed by atoms with Gasteiger partial charge in [-0.15, -0.1) is 0 Å². The number of aromatic amines is 1. The molecular weight excluding hydrogens is 412 g/mol. The molecule has 0 bridgehead atoms. The van der Waals surface area contributed by atoms with Gasteiger partial charge in [0.25, 0.3) is 5.56 Å². The van der Waals surface area contributed by atoms with Crippen molar-refractivity contribution in [3.8, 4) is 11.6 Å². The van der Waals surface area contributed by atoms with Crippen LogP contribution in [0.2, 0.25) is 0 Å². The van der Waals surface area contributed by atoms with Gasteiger partial charge in [-0.1, -0.05) is 35.4 Å². The van der Waals surface area contributed by atoms with E-state index in [0.29, 0.717) is 5.69 Å². The molecule has 0 saturated carbocycles. The summed E-state index contributed by atoms with van der Waals surface area (Å²) in [6.07, 6.45) is 1.15. The summed E-state index contributed by atoms with van der Waals surface area (Å²) in [5.74, 6) is -0.498. The zero-order valence-corrected chi connectivity index (χ0v) is 18.8. The second-order valence-corrected chi connectivity index (χ2v) is 7.97. The van der Waals surface area contributed by atoms with E-state index in [1.807, 2.05) is 65.0 Å². The summed E-state index contributed by atoms with van der Waals surface area (Å²) >= 11 is 5.25. The number of aliphatic imine (C=N–C) groups is 1. The average Bonchev–Trinajstić information content (AvgIpc) is 2.65. The number of H-pyrrole nitrogens is 1. The van der Waals surface area contributed by atoms with Crippen LogP contribution in [-0.2, 0) is 0 Å². The number of aromatic nitrogens is 2. The van der Waals surface area contributed by atoms with E-state index in [-0.39, 0.29) is 10.7 Å². The van der Waals surface area contributed by atoms with E-state index in [0.717, 1.165) is 44.3 Å². The van der Waals surface area contributed by atoms with E-state index < -0.39 is 17.1 Å². The van der Waals surface area contributed by atoms with Crippen LogP contribution in [0.3, 0.4) is 0 Å². The van der Waals surface area contributed by atoms with Crippen molar-refractivity contribution in [1.82, 2.24) is 9.55 Å². The number of aromatic hydroxyl groups is 1. The molecule has 0 fully saturated rings. The lowest BCUT2D eigenvalue weighted by Crippen LogP contribution is -2.32. The van der Waals surface area contributed by atoms with Crippen LogP contribution in [0.1, 0.15) is 33.4 Å². The molecule has 0 atom stereocenters. The first-order chi connectivity index (χ1) is 14.6. The molecule has 0 aliphatic rings. The van der Waals surface area contributed by atoms with Crippen molar-refractivity contribution in [3.63, 3.8) is 0 Å². The van der Waals surface area contributed by atoms with Crippen LogP contribution in [0, 0.1) is 34.6 Å². The fourth-order valence-electron chi connectivity index (χ4n) is 3.61. The minimum Gasteiger partial charge on any atom is -0.493 e. The van der Waals surface area contributed by atoms with Gasteiger partial charge in [-0.2, -0.15) is 0 Å². The molecule has 0 amide bonds. The summed E-state index contributed by atoms with van der Waals surface area (Å²) in [6.45, 7) is 9.56.